The Morgan fingerprint density at radius 2 is 2.05 bits per heavy atom. The third-order valence-corrected chi connectivity index (χ3v) is 3.90. The molecule has 0 aliphatic heterocycles. The van der Waals surface area contributed by atoms with E-state index in [1.807, 2.05) is 0 Å². The minimum atomic E-state index is -0.593. The molecule has 1 aromatic rings. The summed E-state index contributed by atoms with van der Waals surface area (Å²) in [6, 6.07) is 3.35. The number of nitrogens with one attached hydrogen (secondary N) is 1. The monoisotopic (exact) mass is 281 g/mol. The van der Waals surface area contributed by atoms with Crippen LogP contribution in [0.1, 0.15) is 35.4 Å². The first-order chi connectivity index (χ1) is 9.16. The number of rotatable bonds is 4. The van der Waals surface area contributed by atoms with Crippen molar-refractivity contribution in [1.29, 1.82) is 0 Å². The van der Waals surface area contributed by atoms with Crippen molar-refractivity contribution in [2.75, 3.05) is 6.61 Å². The SMILES string of the molecule is O=C(COC(=O)C1CCCC1)NC(=O)c1cccs1. The summed E-state index contributed by atoms with van der Waals surface area (Å²) in [5, 5.41) is 3.93. The van der Waals surface area contributed by atoms with Crippen LogP contribution >= 0.6 is 11.3 Å². The maximum atomic E-state index is 11.6. The summed E-state index contributed by atoms with van der Waals surface area (Å²) in [6.07, 6.45) is 3.72. The van der Waals surface area contributed by atoms with E-state index in [1.165, 1.54) is 11.3 Å². The van der Waals surface area contributed by atoms with Crippen LogP contribution in [0, 0.1) is 5.92 Å². The van der Waals surface area contributed by atoms with Crippen LogP contribution in [-0.2, 0) is 14.3 Å². The van der Waals surface area contributed by atoms with Gasteiger partial charge in [-0.2, -0.15) is 0 Å². The molecule has 19 heavy (non-hydrogen) atoms. The van der Waals surface area contributed by atoms with E-state index >= 15 is 0 Å². The quantitative estimate of drug-likeness (QED) is 0.853. The van der Waals surface area contributed by atoms with E-state index < -0.39 is 18.4 Å². The third kappa shape index (κ3) is 3.89. The second-order valence-electron chi connectivity index (χ2n) is 4.44. The number of amides is 2. The molecule has 0 saturated heterocycles. The summed E-state index contributed by atoms with van der Waals surface area (Å²) in [6.45, 7) is -0.396. The zero-order valence-corrected chi connectivity index (χ0v) is 11.2. The Morgan fingerprint density at radius 3 is 2.68 bits per heavy atom. The fourth-order valence-electron chi connectivity index (χ4n) is 2.05. The smallest absolute Gasteiger partial charge is 0.309 e. The molecule has 1 saturated carbocycles. The Hall–Kier alpha value is -1.69. The lowest BCUT2D eigenvalue weighted by atomic mass is 10.1. The summed E-state index contributed by atoms with van der Waals surface area (Å²) in [5.41, 5.74) is 0. The van der Waals surface area contributed by atoms with Gasteiger partial charge in [0.1, 0.15) is 0 Å². The molecule has 1 aliphatic carbocycles. The van der Waals surface area contributed by atoms with Crippen molar-refractivity contribution in [1.82, 2.24) is 5.32 Å². The van der Waals surface area contributed by atoms with Crippen molar-refractivity contribution in [2.24, 2.45) is 5.92 Å². The van der Waals surface area contributed by atoms with E-state index in [4.69, 9.17) is 4.74 Å². The van der Waals surface area contributed by atoms with E-state index in [-0.39, 0.29) is 11.9 Å². The molecule has 102 valence electrons. The molecule has 2 amide bonds. The molecule has 2 rings (SSSR count). The van der Waals surface area contributed by atoms with Gasteiger partial charge in [-0.1, -0.05) is 18.9 Å². The molecule has 1 aromatic heterocycles. The number of thiophene rings is 1. The van der Waals surface area contributed by atoms with Gasteiger partial charge in [0.05, 0.1) is 10.8 Å². The minimum absolute atomic E-state index is 0.0826. The highest BCUT2D eigenvalue weighted by atomic mass is 32.1. The highest BCUT2D eigenvalue weighted by molar-refractivity contribution is 7.12. The summed E-state index contributed by atoms with van der Waals surface area (Å²) in [7, 11) is 0. The molecule has 1 N–H and O–H groups in total. The molecule has 1 fully saturated rings. The van der Waals surface area contributed by atoms with Crippen molar-refractivity contribution in [3.8, 4) is 0 Å². The van der Waals surface area contributed by atoms with Crippen LogP contribution in [0.4, 0.5) is 0 Å². The van der Waals surface area contributed by atoms with Crippen molar-refractivity contribution in [2.45, 2.75) is 25.7 Å². The van der Waals surface area contributed by atoms with Gasteiger partial charge >= 0.3 is 5.97 Å². The first-order valence-electron chi connectivity index (χ1n) is 6.21. The van der Waals surface area contributed by atoms with Crippen molar-refractivity contribution >= 4 is 29.1 Å². The lowest BCUT2D eigenvalue weighted by Crippen LogP contribution is -2.34. The molecule has 6 heteroatoms. The lowest BCUT2D eigenvalue weighted by molar-refractivity contribution is -0.152. The van der Waals surface area contributed by atoms with Crippen LogP contribution < -0.4 is 5.32 Å². The molecule has 0 spiro atoms. The number of ether oxygens (including phenoxy) is 1. The number of carbonyl (C=O) groups is 3. The van der Waals surface area contributed by atoms with Gasteiger partial charge in [0.2, 0.25) is 0 Å². The Balaban J connectivity index is 1.72. The maximum Gasteiger partial charge on any atom is 0.309 e. The second-order valence-corrected chi connectivity index (χ2v) is 5.39. The van der Waals surface area contributed by atoms with Gasteiger partial charge in [-0.25, -0.2) is 0 Å². The topological polar surface area (TPSA) is 72.5 Å². The van der Waals surface area contributed by atoms with Crippen LogP contribution in [0.3, 0.4) is 0 Å². The molecule has 1 heterocycles. The number of imide groups is 1. The molecular formula is C13H15NO4S. The molecule has 1 aliphatic rings. The van der Waals surface area contributed by atoms with E-state index in [0.717, 1.165) is 25.7 Å². The van der Waals surface area contributed by atoms with Gasteiger partial charge in [-0.05, 0) is 24.3 Å². The fourth-order valence-corrected chi connectivity index (χ4v) is 2.67. The van der Waals surface area contributed by atoms with Crippen LogP contribution in [0.5, 0.6) is 0 Å². The van der Waals surface area contributed by atoms with Crippen LogP contribution in [0.15, 0.2) is 17.5 Å². The first kappa shape index (κ1) is 13.7. The van der Waals surface area contributed by atoms with E-state index in [0.29, 0.717) is 4.88 Å². The lowest BCUT2D eigenvalue weighted by Gasteiger charge is -2.09. The largest absolute Gasteiger partial charge is 0.455 e. The predicted octanol–water partition coefficient (Wildman–Crippen LogP) is 1.74. The predicted molar refractivity (Wildman–Crippen MR) is 69.7 cm³/mol. The van der Waals surface area contributed by atoms with Crippen LogP contribution in [-0.4, -0.2) is 24.4 Å². The second kappa shape index (κ2) is 6.47. The zero-order chi connectivity index (χ0) is 13.7. The normalized spacial score (nSPS) is 15.2. The standard InChI is InChI=1S/C13H15NO4S/c15-11(14-12(16)10-6-3-7-19-10)8-18-13(17)9-4-1-2-5-9/h3,6-7,9H,1-2,4-5,8H2,(H,14,15,16). The van der Waals surface area contributed by atoms with Crippen LogP contribution in [0.25, 0.3) is 0 Å². The number of esters is 1. The first-order valence-corrected chi connectivity index (χ1v) is 7.09. The van der Waals surface area contributed by atoms with E-state index in [2.05, 4.69) is 5.32 Å². The average molecular weight is 281 g/mol. The number of carbonyl (C=O) groups excluding carboxylic acids is 3. The molecule has 0 unspecified atom stereocenters. The Morgan fingerprint density at radius 1 is 1.32 bits per heavy atom. The third-order valence-electron chi connectivity index (χ3n) is 3.03. The summed E-state index contributed by atoms with van der Waals surface area (Å²) in [4.78, 5) is 35.1. The van der Waals surface area contributed by atoms with E-state index in [1.54, 1.807) is 17.5 Å². The van der Waals surface area contributed by atoms with Crippen molar-refractivity contribution in [3.63, 3.8) is 0 Å². The van der Waals surface area contributed by atoms with Crippen molar-refractivity contribution in [3.05, 3.63) is 22.4 Å². The number of hydrogen-bond donors (Lipinski definition) is 1. The van der Waals surface area contributed by atoms with Gasteiger partial charge in [0.25, 0.3) is 11.8 Å². The maximum absolute atomic E-state index is 11.6. The van der Waals surface area contributed by atoms with E-state index in [9.17, 15) is 14.4 Å². The highest BCUT2D eigenvalue weighted by Gasteiger charge is 2.24. The summed E-state index contributed by atoms with van der Waals surface area (Å²) in [5.74, 6) is -1.47. The average Bonchev–Trinajstić information content (AvgIpc) is 3.07. The molecule has 0 atom stereocenters. The zero-order valence-electron chi connectivity index (χ0n) is 10.4. The van der Waals surface area contributed by atoms with Gasteiger partial charge in [-0.15, -0.1) is 11.3 Å². The Labute approximate surface area is 114 Å². The van der Waals surface area contributed by atoms with Crippen LogP contribution in [0.2, 0.25) is 0 Å². The molecule has 0 radical (unpaired) electrons. The number of hydrogen-bond acceptors (Lipinski definition) is 5. The van der Waals surface area contributed by atoms with Gasteiger partial charge in [0.15, 0.2) is 6.61 Å². The highest BCUT2D eigenvalue weighted by Crippen LogP contribution is 2.25. The van der Waals surface area contributed by atoms with Gasteiger partial charge < -0.3 is 4.74 Å². The van der Waals surface area contributed by atoms with Gasteiger partial charge in [-0.3, -0.25) is 19.7 Å². The fraction of sp³-hybridized carbons (Fsp3) is 0.462. The molecule has 0 aromatic carbocycles. The van der Waals surface area contributed by atoms with Crippen molar-refractivity contribution < 1.29 is 19.1 Å². The summed E-state index contributed by atoms with van der Waals surface area (Å²) >= 11 is 1.25. The summed E-state index contributed by atoms with van der Waals surface area (Å²) < 4.78 is 4.91. The minimum Gasteiger partial charge on any atom is -0.455 e. The van der Waals surface area contributed by atoms with Gasteiger partial charge in [0, 0.05) is 0 Å². The molecular weight excluding hydrogens is 266 g/mol. The molecule has 5 nitrogen and oxygen atoms in total. The Bertz CT molecular complexity index is 463. The Kier molecular flexibility index (Phi) is 4.68. The molecule has 0 bridgehead atoms.